The lowest BCUT2D eigenvalue weighted by Crippen LogP contribution is -2.17. The number of aliphatic imine (C=N–C) groups is 1. The summed E-state index contributed by atoms with van der Waals surface area (Å²) < 4.78 is 0. The summed E-state index contributed by atoms with van der Waals surface area (Å²) in [7, 11) is 0. The molecule has 1 heterocycles. The van der Waals surface area contributed by atoms with Crippen molar-refractivity contribution in [1.29, 1.82) is 0 Å². The highest BCUT2D eigenvalue weighted by atomic mass is 15.1. The van der Waals surface area contributed by atoms with E-state index in [1.54, 1.807) is 0 Å². The highest BCUT2D eigenvalue weighted by Crippen LogP contribution is 2.26. The van der Waals surface area contributed by atoms with Crippen molar-refractivity contribution >= 4 is 18.1 Å². The van der Waals surface area contributed by atoms with E-state index in [9.17, 15) is 0 Å². The van der Waals surface area contributed by atoms with Crippen molar-refractivity contribution in [2.45, 2.75) is 19.8 Å². The highest BCUT2D eigenvalue weighted by molar-refractivity contribution is 5.60. The predicted molar refractivity (Wildman–Crippen MR) is 61.8 cm³/mol. The first-order chi connectivity index (χ1) is 6.81. The minimum atomic E-state index is 0.993. The topological polar surface area (TPSA) is 15.6 Å². The maximum absolute atomic E-state index is 3.97. The summed E-state index contributed by atoms with van der Waals surface area (Å²) in [5.74, 6) is 0. The van der Waals surface area contributed by atoms with Crippen LogP contribution in [0, 0.1) is 6.92 Å². The molecule has 1 aliphatic heterocycles. The molecule has 0 aromatic heterocycles. The molecular formula is C12H16N2. The second-order valence-corrected chi connectivity index (χ2v) is 3.82. The van der Waals surface area contributed by atoms with Crippen molar-refractivity contribution in [1.82, 2.24) is 0 Å². The number of benzene rings is 1. The van der Waals surface area contributed by atoms with Gasteiger partial charge in [0.25, 0.3) is 0 Å². The summed E-state index contributed by atoms with van der Waals surface area (Å²) >= 11 is 0. The van der Waals surface area contributed by atoms with E-state index in [4.69, 9.17) is 0 Å². The molecule has 1 aromatic carbocycles. The summed E-state index contributed by atoms with van der Waals surface area (Å²) in [5.41, 5.74) is 3.53. The molecule has 1 aromatic rings. The lowest BCUT2D eigenvalue weighted by Gasteiger charge is -2.18. The van der Waals surface area contributed by atoms with E-state index in [2.05, 4.69) is 41.7 Å². The lowest BCUT2D eigenvalue weighted by molar-refractivity contribution is 0.949. The number of aryl methyl sites for hydroxylation is 1. The first-order valence-electron chi connectivity index (χ1n) is 5.13. The number of hydrogen-bond donors (Lipinski definition) is 0. The molecule has 2 nitrogen and oxygen atoms in total. The van der Waals surface area contributed by atoms with Crippen LogP contribution in [0.4, 0.5) is 11.4 Å². The Morgan fingerprint density at radius 1 is 1.29 bits per heavy atom. The molecule has 0 bridgehead atoms. The average molecular weight is 188 g/mol. The Bertz CT molecular complexity index is 338. The Labute approximate surface area is 85.3 Å². The van der Waals surface area contributed by atoms with Gasteiger partial charge in [-0.3, -0.25) is 4.99 Å². The highest BCUT2D eigenvalue weighted by Gasteiger charge is 2.12. The van der Waals surface area contributed by atoms with E-state index < -0.39 is 0 Å². The number of nitrogens with zero attached hydrogens (tertiary/aromatic N) is 2. The standard InChI is InChI=1S/C12H16N2/c1-10-9-11(5-6-12(10)13-2)14-7-3-4-8-14/h5-6,9H,2-4,7-8H2,1H3. The molecule has 0 saturated carbocycles. The van der Waals surface area contributed by atoms with Crippen molar-refractivity contribution in [2.24, 2.45) is 4.99 Å². The van der Waals surface area contributed by atoms with Crippen LogP contribution >= 0.6 is 0 Å². The van der Waals surface area contributed by atoms with Crippen LogP contribution in [0.15, 0.2) is 23.2 Å². The summed E-state index contributed by atoms with van der Waals surface area (Å²) in [6, 6.07) is 6.40. The summed E-state index contributed by atoms with van der Waals surface area (Å²) in [6.07, 6.45) is 2.64. The maximum Gasteiger partial charge on any atom is 0.0653 e. The van der Waals surface area contributed by atoms with Gasteiger partial charge in [0.05, 0.1) is 5.69 Å². The van der Waals surface area contributed by atoms with Gasteiger partial charge in [0.15, 0.2) is 0 Å². The average Bonchev–Trinajstić information content (AvgIpc) is 2.70. The Kier molecular flexibility index (Phi) is 2.53. The second kappa shape index (κ2) is 3.82. The third-order valence-corrected chi connectivity index (χ3v) is 2.82. The second-order valence-electron chi connectivity index (χ2n) is 3.82. The summed E-state index contributed by atoms with van der Waals surface area (Å²) in [5, 5.41) is 0. The maximum atomic E-state index is 3.97. The fraction of sp³-hybridized carbons (Fsp3) is 0.417. The van der Waals surface area contributed by atoms with Crippen molar-refractivity contribution in [3.63, 3.8) is 0 Å². The van der Waals surface area contributed by atoms with Gasteiger partial charge in [0.1, 0.15) is 0 Å². The Balaban J connectivity index is 2.27. The van der Waals surface area contributed by atoms with Gasteiger partial charge in [0.2, 0.25) is 0 Å². The zero-order chi connectivity index (χ0) is 9.97. The van der Waals surface area contributed by atoms with E-state index in [1.807, 2.05) is 0 Å². The van der Waals surface area contributed by atoms with Gasteiger partial charge in [-0.25, -0.2) is 0 Å². The Morgan fingerprint density at radius 2 is 2.00 bits per heavy atom. The van der Waals surface area contributed by atoms with Gasteiger partial charge < -0.3 is 4.90 Å². The van der Waals surface area contributed by atoms with Crippen LogP contribution in [0.5, 0.6) is 0 Å². The van der Waals surface area contributed by atoms with E-state index in [0.29, 0.717) is 0 Å². The SMILES string of the molecule is C=Nc1ccc(N2CCCC2)cc1C. The molecule has 0 unspecified atom stereocenters. The van der Waals surface area contributed by atoms with Crippen LogP contribution in [-0.4, -0.2) is 19.8 Å². The van der Waals surface area contributed by atoms with Crippen molar-refractivity contribution < 1.29 is 0 Å². The molecule has 0 radical (unpaired) electrons. The van der Waals surface area contributed by atoms with Crippen molar-refractivity contribution in [2.75, 3.05) is 18.0 Å². The fourth-order valence-corrected chi connectivity index (χ4v) is 1.99. The molecule has 0 aliphatic carbocycles. The van der Waals surface area contributed by atoms with E-state index in [1.165, 1.54) is 37.2 Å². The molecule has 74 valence electrons. The first kappa shape index (κ1) is 9.25. The van der Waals surface area contributed by atoms with Crippen LogP contribution in [-0.2, 0) is 0 Å². The third kappa shape index (κ3) is 1.65. The normalized spacial score (nSPS) is 15.9. The van der Waals surface area contributed by atoms with Crippen LogP contribution in [0.2, 0.25) is 0 Å². The number of hydrogen-bond acceptors (Lipinski definition) is 2. The minimum absolute atomic E-state index is 0.993. The predicted octanol–water partition coefficient (Wildman–Crippen LogP) is 2.93. The zero-order valence-corrected chi connectivity index (χ0v) is 8.66. The van der Waals surface area contributed by atoms with Crippen molar-refractivity contribution in [3.05, 3.63) is 23.8 Å². The van der Waals surface area contributed by atoms with E-state index in [-0.39, 0.29) is 0 Å². The van der Waals surface area contributed by atoms with Crippen LogP contribution < -0.4 is 4.90 Å². The molecule has 0 N–H and O–H groups in total. The van der Waals surface area contributed by atoms with Gasteiger partial charge >= 0.3 is 0 Å². The van der Waals surface area contributed by atoms with Crippen LogP contribution in [0.25, 0.3) is 0 Å². The quantitative estimate of drug-likeness (QED) is 0.651. The summed E-state index contributed by atoms with van der Waals surface area (Å²) in [4.78, 5) is 6.40. The van der Waals surface area contributed by atoms with Gasteiger partial charge in [-0.05, 0) is 50.2 Å². The molecule has 2 heteroatoms. The Morgan fingerprint density at radius 3 is 2.57 bits per heavy atom. The fourth-order valence-electron chi connectivity index (χ4n) is 1.99. The number of rotatable bonds is 2. The first-order valence-corrected chi connectivity index (χ1v) is 5.13. The molecule has 0 spiro atoms. The van der Waals surface area contributed by atoms with Crippen molar-refractivity contribution in [3.8, 4) is 0 Å². The van der Waals surface area contributed by atoms with Crippen LogP contribution in [0.1, 0.15) is 18.4 Å². The molecule has 14 heavy (non-hydrogen) atoms. The number of anilines is 1. The molecular weight excluding hydrogens is 172 g/mol. The van der Waals surface area contributed by atoms with Gasteiger partial charge in [-0.15, -0.1) is 0 Å². The lowest BCUT2D eigenvalue weighted by atomic mass is 10.1. The van der Waals surface area contributed by atoms with E-state index >= 15 is 0 Å². The monoisotopic (exact) mass is 188 g/mol. The zero-order valence-electron chi connectivity index (χ0n) is 8.66. The largest absolute Gasteiger partial charge is 0.372 e. The van der Waals surface area contributed by atoms with Gasteiger partial charge in [-0.1, -0.05) is 0 Å². The molecule has 1 saturated heterocycles. The van der Waals surface area contributed by atoms with E-state index in [0.717, 1.165) is 5.69 Å². The van der Waals surface area contributed by atoms with Crippen LogP contribution in [0.3, 0.4) is 0 Å². The molecule has 0 atom stereocenters. The van der Waals surface area contributed by atoms with Gasteiger partial charge in [-0.2, -0.15) is 0 Å². The summed E-state index contributed by atoms with van der Waals surface area (Å²) in [6.45, 7) is 8.03. The minimum Gasteiger partial charge on any atom is -0.372 e. The molecule has 1 fully saturated rings. The molecule has 0 amide bonds. The molecule has 2 rings (SSSR count). The third-order valence-electron chi connectivity index (χ3n) is 2.82. The molecule has 1 aliphatic rings. The smallest absolute Gasteiger partial charge is 0.0653 e. The Hall–Kier alpha value is -1.31. The van der Waals surface area contributed by atoms with Gasteiger partial charge in [0, 0.05) is 18.8 Å².